The number of para-hydroxylation sites is 1. The lowest BCUT2D eigenvalue weighted by atomic mass is 10.2. The third-order valence-electron chi connectivity index (χ3n) is 2.14. The smallest absolute Gasteiger partial charge is 0.176 e. The van der Waals surface area contributed by atoms with E-state index in [9.17, 15) is 0 Å². The number of hydrogen-bond acceptors (Lipinski definition) is 4. The first-order valence-corrected chi connectivity index (χ1v) is 4.53. The van der Waals surface area contributed by atoms with Crippen LogP contribution in [-0.4, -0.2) is 25.2 Å². The highest BCUT2D eigenvalue weighted by Crippen LogP contribution is 2.12. The lowest BCUT2D eigenvalue weighted by molar-refractivity contribution is 0.703. The molecule has 0 N–H and O–H groups in total. The summed E-state index contributed by atoms with van der Waals surface area (Å²) in [5.74, 6) is 0.672. The third kappa shape index (κ3) is 1.34. The van der Waals surface area contributed by atoms with E-state index in [0.29, 0.717) is 5.82 Å². The fourth-order valence-electron chi connectivity index (χ4n) is 1.44. The Bertz CT molecular complexity index is 588. The summed E-state index contributed by atoms with van der Waals surface area (Å²) in [5, 5.41) is 12.5. The van der Waals surface area contributed by atoms with E-state index >= 15 is 0 Å². The van der Waals surface area contributed by atoms with Gasteiger partial charge >= 0.3 is 0 Å². The normalized spacial score (nSPS) is 10.7. The van der Waals surface area contributed by atoms with Crippen molar-refractivity contribution in [2.24, 2.45) is 0 Å². The highest BCUT2D eigenvalue weighted by molar-refractivity contribution is 5.79. The Morgan fingerprint density at radius 1 is 1.00 bits per heavy atom. The zero-order chi connectivity index (χ0) is 10.1. The van der Waals surface area contributed by atoms with Gasteiger partial charge in [0.25, 0.3) is 0 Å². The van der Waals surface area contributed by atoms with Crippen LogP contribution in [-0.2, 0) is 0 Å². The lowest BCUT2D eigenvalue weighted by Crippen LogP contribution is -2.01. The van der Waals surface area contributed by atoms with Crippen LogP contribution in [0.1, 0.15) is 0 Å². The highest BCUT2D eigenvalue weighted by Gasteiger charge is 2.00. The molecule has 0 aliphatic rings. The number of rotatable bonds is 1. The van der Waals surface area contributed by atoms with Crippen molar-refractivity contribution in [3.63, 3.8) is 0 Å². The molecule has 3 aromatic rings. The maximum atomic E-state index is 4.42. The summed E-state index contributed by atoms with van der Waals surface area (Å²) in [4.78, 5) is 5.81. The first-order valence-electron chi connectivity index (χ1n) is 4.53. The Balaban J connectivity index is 2.22. The summed E-state index contributed by atoms with van der Waals surface area (Å²) >= 11 is 0. The molecule has 0 radical (unpaired) electrons. The van der Waals surface area contributed by atoms with E-state index in [2.05, 4.69) is 20.4 Å². The van der Waals surface area contributed by atoms with Gasteiger partial charge in [0.15, 0.2) is 12.1 Å². The minimum atomic E-state index is 0.672. The van der Waals surface area contributed by atoms with E-state index in [-0.39, 0.29) is 0 Å². The molecule has 2 aromatic heterocycles. The number of tetrazole rings is 1. The third-order valence-corrected chi connectivity index (χ3v) is 2.14. The van der Waals surface area contributed by atoms with Crippen LogP contribution in [0.3, 0.4) is 0 Å². The molecule has 0 bridgehead atoms. The van der Waals surface area contributed by atoms with Gasteiger partial charge in [-0.3, -0.25) is 0 Å². The molecule has 2 heterocycles. The molecular weight excluding hydrogens is 190 g/mol. The van der Waals surface area contributed by atoms with Gasteiger partial charge in [0.1, 0.15) is 0 Å². The molecule has 15 heavy (non-hydrogen) atoms. The average molecular weight is 197 g/mol. The Morgan fingerprint density at radius 3 is 2.80 bits per heavy atom. The molecule has 0 amide bonds. The molecule has 5 nitrogen and oxygen atoms in total. The summed E-state index contributed by atoms with van der Waals surface area (Å²) in [6, 6.07) is 11.8. The van der Waals surface area contributed by atoms with Gasteiger partial charge in [-0.1, -0.05) is 18.2 Å². The molecule has 72 valence electrons. The molecule has 0 atom stereocenters. The van der Waals surface area contributed by atoms with E-state index in [1.807, 2.05) is 36.4 Å². The summed E-state index contributed by atoms with van der Waals surface area (Å²) in [6.45, 7) is 0. The molecule has 5 heteroatoms. The largest absolute Gasteiger partial charge is 0.227 e. The van der Waals surface area contributed by atoms with Crippen LogP contribution in [0.15, 0.2) is 42.7 Å². The highest BCUT2D eigenvalue weighted by atomic mass is 15.6. The quantitative estimate of drug-likeness (QED) is 0.588. The monoisotopic (exact) mass is 197 g/mol. The SMILES string of the molecule is c1ccc2nc(-n3ncnn3)ccc2c1. The standard InChI is InChI=1S/C10H7N5/c1-2-4-9-8(3-1)5-6-10(13-9)15-12-7-11-14-15/h1-7H. The van der Waals surface area contributed by atoms with Gasteiger partial charge in [0.05, 0.1) is 5.52 Å². The molecule has 0 saturated heterocycles. The number of benzene rings is 1. The zero-order valence-electron chi connectivity index (χ0n) is 7.78. The lowest BCUT2D eigenvalue weighted by Gasteiger charge is -1.99. The molecule has 1 aromatic carbocycles. The second-order valence-corrected chi connectivity index (χ2v) is 3.09. The van der Waals surface area contributed by atoms with Crippen molar-refractivity contribution in [1.29, 1.82) is 0 Å². The Kier molecular flexibility index (Phi) is 1.68. The van der Waals surface area contributed by atoms with Gasteiger partial charge in [-0.2, -0.15) is 0 Å². The van der Waals surface area contributed by atoms with Crippen molar-refractivity contribution in [3.8, 4) is 5.82 Å². The molecular formula is C10H7N5. The first kappa shape index (κ1) is 8.05. The fraction of sp³-hybridized carbons (Fsp3) is 0. The molecule has 0 spiro atoms. The van der Waals surface area contributed by atoms with Crippen LogP contribution in [0.2, 0.25) is 0 Å². The molecule has 0 aliphatic carbocycles. The molecule has 0 saturated carbocycles. The molecule has 3 rings (SSSR count). The number of nitrogens with zero attached hydrogens (tertiary/aromatic N) is 5. The number of pyridine rings is 1. The van der Waals surface area contributed by atoms with E-state index in [1.165, 1.54) is 11.1 Å². The van der Waals surface area contributed by atoms with Crippen LogP contribution in [0.4, 0.5) is 0 Å². The summed E-state index contributed by atoms with van der Waals surface area (Å²) < 4.78 is 0. The maximum absolute atomic E-state index is 4.42. The zero-order valence-corrected chi connectivity index (χ0v) is 7.78. The second-order valence-electron chi connectivity index (χ2n) is 3.09. The Labute approximate surface area is 85.4 Å². The van der Waals surface area contributed by atoms with Crippen molar-refractivity contribution in [2.75, 3.05) is 0 Å². The molecule has 0 fully saturated rings. The van der Waals surface area contributed by atoms with E-state index < -0.39 is 0 Å². The summed E-state index contributed by atoms with van der Waals surface area (Å²) in [5.41, 5.74) is 0.923. The van der Waals surface area contributed by atoms with Crippen molar-refractivity contribution < 1.29 is 0 Å². The van der Waals surface area contributed by atoms with Gasteiger partial charge in [0.2, 0.25) is 0 Å². The van der Waals surface area contributed by atoms with Crippen LogP contribution in [0, 0.1) is 0 Å². The van der Waals surface area contributed by atoms with E-state index in [0.717, 1.165) is 10.9 Å². The van der Waals surface area contributed by atoms with Crippen LogP contribution in [0.5, 0.6) is 0 Å². The number of hydrogen-bond donors (Lipinski definition) is 0. The predicted octanol–water partition coefficient (Wildman–Crippen LogP) is 1.21. The van der Waals surface area contributed by atoms with Gasteiger partial charge in [-0.25, -0.2) is 4.98 Å². The Hall–Kier alpha value is -2.30. The average Bonchev–Trinajstić information content (AvgIpc) is 2.82. The van der Waals surface area contributed by atoms with Gasteiger partial charge < -0.3 is 0 Å². The minimum absolute atomic E-state index is 0.672. The number of fused-ring (bicyclic) bond motifs is 1. The summed E-state index contributed by atoms with van der Waals surface area (Å²) in [7, 11) is 0. The van der Waals surface area contributed by atoms with Crippen molar-refractivity contribution in [3.05, 3.63) is 42.7 Å². The second kappa shape index (κ2) is 3.13. The van der Waals surface area contributed by atoms with E-state index in [4.69, 9.17) is 0 Å². The van der Waals surface area contributed by atoms with Crippen LogP contribution < -0.4 is 0 Å². The fourth-order valence-corrected chi connectivity index (χ4v) is 1.44. The number of aromatic nitrogens is 5. The van der Waals surface area contributed by atoms with Crippen LogP contribution >= 0.6 is 0 Å². The Morgan fingerprint density at radius 2 is 1.93 bits per heavy atom. The van der Waals surface area contributed by atoms with Crippen molar-refractivity contribution in [2.45, 2.75) is 0 Å². The summed E-state index contributed by atoms with van der Waals surface area (Å²) in [6.07, 6.45) is 1.39. The molecule has 0 unspecified atom stereocenters. The maximum Gasteiger partial charge on any atom is 0.176 e. The minimum Gasteiger partial charge on any atom is -0.227 e. The van der Waals surface area contributed by atoms with Gasteiger partial charge in [0, 0.05) is 5.39 Å². The van der Waals surface area contributed by atoms with Crippen molar-refractivity contribution in [1.82, 2.24) is 25.2 Å². The van der Waals surface area contributed by atoms with Gasteiger partial charge in [-0.05, 0) is 23.4 Å². The van der Waals surface area contributed by atoms with Gasteiger partial charge in [-0.15, -0.1) is 15.0 Å². The van der Waals surface area contributed by atoms with E-state index in [1.54, 1.807) is 0 Å². The first-order chi connectivity index (χ1) is 7.43. The topological polar surface area (TPSA) is 56.5 Å². The van der Waals surface area contributed by atoms with Crippen molar-refractivity contribution >= 4 is 10.9 Å². The predicted molar refractivity (Wildman–Crippen MR) is 54.5 cm³/mol. The van der Waals surface area contributed by atoms with Crippen LogP contribution in [0.25, 0.3) is 16.7 Å². The molecule has 0 aliphatic heterocycles.